The standard InChI is InChI=1S/C21H30N6O2/c1-14(2)18-23-20(26(3)4)25-21(24-18)27-11-9-16(10-12-27)22-17-8-6-7-15(13-17)19(28)29-5/h6-8,13-14,16,22H,9-12H2,1-5H3. The number of benzene rings is 1. The predicted molar refractivity (Wildman–Crippen MR) is 115 cm³/mol. The highest BCUT2D eigenvalue weighted by Gasteiger charge is 2.23. The molecule has 0 atom stereocenters. The zero-order valence-corrected chi connectivity index (χ0v) is 17.8. The molecule has 0 bridgehead atoms. The van der Waals surface area contributed by atoms with Gasteiger partial charge in [0.05, 0.1) is 12.7 Å². The summed E-state index contributed by atoms with van der Waals surface area (Å²) in [5, 5.41) is 3.54. The first-order valence-corrected chi connectivity index (χ1v) is 10.0. The van der Waals surface area contributed by atoms with Gasteiger partial charge in [-0.2, -0.15) is 15.0 Å². The largest absolute Gasteiger partial charge is 0.465 e. The van der Waals surface area contributed by atoms with Gasteiger partial charge in [-0.05, 0) is 31.0 Å². The van der Waals surface area contributed by atoms with Gasteiger partial charge in [0.15, 0.2) is 0 Å². The van der Waals surface area contributed by atoms with Crippen molar-refractivity contribution < 1.29 is 9.53 Å². The third-order valence-electron chi connectivity index (χ3n) is 4.98. The van der Waals surface area contributed by atoms with E-state index in [1.54, 1.807) is 6.07 Å². The van der Waals surface area contributed by atoms with Crippen LogP contribution in [-0.2, 0) is 4.74 Å². The second-order valence-corrected chi connectivity index (χ2v) is 7.82. The minimum absolute atomic E-state index is 0.247. The first-order valence-electron chi connectivity index (χ1n) is 10.0. The van der Waals surface area contributed by atoms with Crippen molar-refractivity contribution in [1.82, 2.24) is 15.0 Å². The number of rotatable bonds is 6. The number of esters is 1. The van der Waals surface area contributed by atoms with Crippen LogP contribution in [-0.4, -0.2) is 61.3 Å². The van der Waals surface area contributed by atoms with E-state index in [9.17, 15) is 4.79 Å². The highest BCUT2D eigenvalue weighted by atomic mass is 16.5. The van der Waals surface area contributed by atoms with Crippen LogP contribution in [0.15, 0.2) is 24.3 Å². The van der Waals surface area contributed by atoms with Gasteiger partial charge in [-0.1, -0.05) is 19.9 Å². The Bertz CT molecular complexity index is 821. The smallest absolute Gasteiger partial charge is 0.337 e. The normalized spacial score (nSPS) is 14.8. The Morgan fingerprint density at radius 2 is 1.93 bits per heavy atom. The summed E-state index contributed by atoms with van der Waals surface area (Å²) in [6, 6.07) is 7.77. The van der Waals surface area contributed by atoms with Crippen molar-refractivity contribution >= 4 is 23.6 Å². The fraction of sp³-hybridized carbons (Fsp3) is 0.524. The van der Waals surface area contributed by atoms with Gasteiger partial charge in [-0.3, -0.25) is 0 Å². The molecule has 0 unspecified atom stereocenters. The number of hydrogen-bond acceptors (Lipinski definition) is 8. The van der Waals surface area contributed by atoms with E-state index in [1.807, 2.05) is 37.2 Å². The maximum Gasteiger partial charge on any atom is 0.337 e. The second-order valence-electron chi connectivity index (χ2n) is 7.82. The summed E-state index contributed by atoms with van der Waals surface area (Å²) in [6.45, 7) is 5.92. The van der Waals surface area contributed by atoms with E-state index in [1.165, 1.54) is 7.11 Å². The van der Waals surface area contributed by atoms with E-state index in [2.05, 4.69) is 34.0 Å². The molecule has 0 aliphatic carbocycles. The second kappa shape index (κ2) is 9.07. The maximum absolute atomic E-state index is 11.7. The molecule has 8 heteroatoms. The van der Waals surface area contributed by atoms with Crippen LogP contribution in [0.1, 0.15) is 48.8 Å². The maximum atomic E-state index is 11.7. The molecule has 1 N–H and O–H groups in total. The van der Waals surface area contributed by atoms with Crippen molar-refractivity contribution in [3.63, 3.8) is 0 Å². The molecule has 0 spiro atoms. The molecule has 1 aliphatic rings. The van der Waals surface area contributed by atoms with Crippen LogP contribution in [0.2, 0.25) is 0 Å². The monoisotopic (exact) mass is 398 g/mol. The number of ether oxygens (including phenoxy) is 1. The lowest BCUT2D eigenvalue weighted by Crippen LogP contribution is -2.40. The fourth-order valence-electron chi connectivity index (χ4n) is 3.28. The van der Waals surface area contributed by atoms with E-state index in [0.29, 0.717) is 17.6 Å². The number of aromatic nitrogens is 3. The molecule has 1 aromatic carbocycles. The number of carbonyl (C=O) groups is 1. The van der Waals surface area contributed by atoms with Gasteiger partial charge in [0, 0.05) is 44.8 Å². The summed E-state index contributed by atoms with van der Waals surface area (Å²) < 4.78 is 4.80. The van der Waals surface area contributed by atoms with E-state index in [4.69, 9.17) is 9.72 Å². The van der Waals surface area contributed by atoms with Crippen LogP contribution in [0.3, 0.4) is 0 Å². The van der Waals surface area contributed by atoms with Crippen molar-refractivity contribution in [2.24, 2.45) is 0 Å². The summed E-state index contributed by atoms with van der Waals surface area (Å²) in [6.07, 6.45) is 1.92. The Balaban J connectivity index is 1.66. The van der Waals surface area contributed by atoms with Crippen molar-refractivity contribution in [1.29, 1.82) is 0 Å². The van der Waals surface area contributed by atoms with Crippen LogP contribution in [0.25, 0.3) is 0 Å². The van der Waals surface area contributed by atoms with E-state index >= 15 is 0 Å². The lowest BCUT2D eigenvalue weighted by atomic mass is 10.0. The van der Waals surface area contributed by atoms with E-state index in [0.717, 1.165) is 43.4 Å². The number of anilines is 3. The number of nitrogens with zero attached hydrogens (tertiary/aromatic N) is 5. The van der Waals surface area contributed by atoms with Gasteiger partial charge in [0.2, 0.25) is 11.9 Å². The molecule has 29 heavy (non-hydrogen) atoms. The first kappa shape index (κ1) is 20.8. The molecular formula is C21H30N6O2. The lowest BCUT2D eigenvalue weighted by molar-refractivity contribution is 0.0601. The molecule has 3 rings (SSSR count). The minimum Gasteiger partial charge on any atom is -0.465 e. The van der Waals surface area contributed by atoms with Gasteiger partial charge >= 0.3 is 5.97 Å². The Hall–Kier alpha value is -2.90. The van der Waals surface area contributed by atoms with Gasteiger partial charge in [-0.15, -0.1) is 0 Å². The van der Waals surface area contributed by atoms with Crippen molar-refractivity contribution in [3.8, 4) is 0 Å². The average Bonchev–Trinajstić information content (AvgIpc) is 2.73. The van der Waals surface area contributed by atoms with Crippen LogP contribution in [0.4, 0.5) is 17.6 Å². The molecule has 0 saturated carbocycles. The minimum atomic E-state index is -0.323. The lowest BCUT2D eigenvalue weighted by Gasteiger charge is -2.33. The van der Waals surface area contributed by atoms with Gasteiger partial charge in [0.1, 0.15) is 5.82 Å². The number of methoxy groups -OCH3 is 1. The molecule has 1 aliphatic heterocycles. The quantitative estimate of drug-likeness (QED) is 0.744. The third-order valence-corrected chi connectivity index (χ3v) is 4.98. The van der Waals surface area contributed by atoms with E-state index in [-0.39, 0.29) is 11.9 Å². The van der Waals surface area contributed by atoms with Crippen LogP contribution < -0.4 is 15.1 Å². The van der Waals surface area contributed by atoms with Gasteiger partial charge in [0.25, 0.3) is 0 Å². The third kappa shape index (κ3) is 5.13. The molecule has 8 nitrogen and oxygen atoms in total. The molecule has 2 aromatic rings. The molecule has 1 fully saturated rings. The molecule has 1 aromatic heterocycles. The molecule has 1 saturated heterocycles. The number of piperidine rings is 1. The SMILES string of the molecule is COC(=O)c1cccc(NC2CCN(c3nc(C(C)C)nc(N(C)C)n3)CC2)c1. The molecule has 0 radical (unpaired) electrons. The highest BCUT2D eigenvalue weighted by molar-refractivity contribution is 5.90. The fourth-order valence-corrected chi connectivity index (χ4v) is 3.28. The summed E-state index contributed by atoms with van der Waals surface area (Å²) in [5.74, 6) is 2.18. The van der Waals surface area contributed by atoms with Gasteiger partial charge < -0.3 is 19.9 Å². The summed E-state index contributed by atoms with van der Waals surface area (Å²) in [5.41, 5.74) is 1.49. The number of nitrogens with one attached hydrogen (secondary N) is 1. The number of hydrogen-bond donors (Lipinski definition) is 1. The predicted octanol–water partition coefficient (Wildman–Crippen LogP) is 2.93. The molecule has 2 heterocycles. The number of carbonyl (C=O) groups excluding carboxylic acids is 1. The Morgan fingerprint density at radius 1 is 1.21 bits per heavy atom. The average molecular weight is 399 g/mol. The van der Waals surface area contributed by atoms with E-state index < -0.39 is 0 Å². The Kier molecular flexibility index (Phi) is 6.51. The van der Waals surface area contributed by atoms with Crippen LogP contribution in [0, 0.1) is 0 Å². The highest BCUT2D eigenvalue weighted by Crippen LogP contribution is 2.23. The zero-order chi connectivity index (χ0) is 21.0. The topological polar surface area (TPSA) is 83.5 Å². The Morgan fingerprint density at radius 3 is 2.55 bits per heavy atom. The molecule has 0 amide bonds. The summed E-state index contributed by atoms with van der Waals surface area (Å²) in [7, 11) is 5.29. The zero-order valence-electron chi connectivity index (χ0n) is 17.8. The van der Waals surface area contributed by atoms with Crippen molar-refractivity contribution in [2.45, 2.75) is 38.6 Å². The first-order chi connectivity index (χ1) is 13.9. The molecular weight excluding hydrogens is 368 g/mol. The van der Waals surface area contributed by atoms with Crippen LogP contribution >= 0.6 is 0 Å². The summed E-state index contributed by atoms with van der Waals surface area (Å²) >= 11 is 0. The van der Waals surface area contributed by atoms with Crippen LogP contribution in [0.5, 0.6) is 0 Å². The van der Waals surface area contributed by atoms with Crippen molar-refractivity contribution in [3.05, 3.63) is 35.7 Å². The Labute approximate surface area is 172 Å². The van der Waals surface area contributed by atoms with Gasteiger partial charge in [-0.25, -0.2) is 4.79 Å². The summed E-state index contributed by atoms with van der Waals surface area (Å²) in [4.78, 5) is 29.8. The van der Waals surface area contributed by atoms with Crippen molar-refractivity contribution in [2.75, 3.05) is 49.4 Å². The molecule has 156 valence electrons.